The molecule has 1 aliphatic carbocycles. The summed E-state index contributed by atoms with van der Waals surface area (Å²) in [6, 6.07) is 14.7. The van der Waals surface area contributed by atoms with Crippen LogP contribution >= 0.6 is 0 Å². The Morgan fingerprint density at radius 2 is 2.00 bits per heavy atom. The Kier molecular flexibility index (Phi) is 3.70. The fraction of sp³-hybridized carbons (Fsp3) is 0.353. The van der Waals surface area contributed by atoms with E-state index in [-0.39, 0.29) is 5.56 Å². The van der Waals surface area contributed by atoms with E-state index in [9.17, 15) is 4.79 Å². The molecular weight excluding hydrogens is 248 g/mol. The number of H-pyrrole nitrogens is 1. The maximum atomic E-state index is 11.4. The van der Waals surface area contributed by atoms with Gasteiger partial charge in [0.05, 0.1) is 0 Å². The zero-order chi connectivity index (χ0) is 13.9. The molecule has 0 aliphatic heterocycles. The van der Waals surface area contributed by atoms with Gasteiger partial charge in [-0.2, -0.15) is 0 Å². The van der Waals surface area contributed by atoms with Gasteiger partial charge in [-0.25, -0.2) is 0 Å². The van der Waals surface area contributed by atoms with E-state index in [1.54, 1.807) is 6.07 Å². The van der Waals surface area contributed by atoms with Crippen LogP contribution in [0.5, 0.6) is 0 Å². The molecule has 0 saturated heterocycles. The Morgan fingerprint density at radius 3 is 2.80 bits per heavy atom. The number of aryl methyl sites for hydroxylation is 1. The van der Waals surface area contributed by atoms with Gasteiger partial charge in [-0.15, -0.1) is 0 Å². The van der Waals surface area contributed by atoms with E-state index in [0.29, 0.717) is 12.1 Å². The van der Waals surface area contributed by atoms with E-state index in [4.69, 9.17) is 0 Å². The Bertz CT molecular complexity index is 633. The molecule has 1 heterocycles. The molecule has 3 nitrogen and oxygen atoms in total. The van der Waals surface area contributed by atoms with E-state index in [2.05, 4.69) is 41.5 Å². The SMILES string of the molecule is CC(NC1CCCc2[nH]c(=O)ccc21)c1ccccc1. The first kappa shape index (κ1) is 13.1. The lowest BCUT2D eigenvalue weighted by molar-refractivity contribution is 0.411. The lowest BCUT2D eigenvalue weighted by atomic mass is 9.90. The summed E-state index contributed by atoms with van der Waals surface area (Å²) in [7, 11) is 0. The van der Waals surface area contributed by atoms with Gasteiger partial charge in [0.15, 0.2) is 0 Å². The quantitative estimate of drug-likeness (QED) is 0.898. The normalized spacial score (nSPS) is 19.4. The third-order valence-electron chi connectivity index (χ3n) is 4.08. The summed E-state index contributed by atoms with van der Waals surface area (Å²) in [6.07, 6.45) is 3.21. The number of nitrogens with one attached hydrogen (secondary N) is 2. The fourth-order valence-corrected chi connectivity index (χ4v) is 3.01. The third-order valence-corrected chi connectivity index (χ3v) is 4.08. The minimum atomic E-state index is 0.000470. The van der Waals surface area contributed by atoms with Crippen molar-refractivity contribution in [1.82, 2.24) is 10.3 Å². The highest BCUT2D eigenvalue weighted by atomic mass is 16.1. The molecule has 3 rings (SSSR count). The molecule has 20 heavy (non-hydrogen) atoms. The van der Waals surface area contributed by atoms with Crippen molar-refractivity contribution in [3.8, 4) is 0 Å². The summed E-state index contributed by atoms with van der Waals surface area (Å²) in [4.78, 5) is 14.4. The van der Waals surface area contributed by atoms with Gasteiger partial charge in [-0.1, -0.05) is 36.4 Å². The molecule has 0 fully saturated rings. The maximum Gasteiger partial charge on any atom is 0.248 e. The first-order valence-electron chi connectivity index (χ1n) is 7.27. The zero-order valence-electron chi connectivity index (χ0n) is 11.7. The van der Waals surface area contributed by atoms with Crippen molar-refractivity contribution in [3.63, 3.8) is 0 Å². The molecule has 0 amide bonds. The predicted molar refractivity (Wildman–Crippen MR) is 80.7 cm³/mol. The van der Waals surface area contributed by atoms with Crippen molar-refractivity contribution < 1.29 is 0 Å². The van der Waals surface area contributed by atoms with Crippen molar-refractivity contribution >= 4 is 0 Å². The minimum Gasteiger partial charge on any atom is -0.326 e. The topological polar surface area (TPSA) is 44.9 Å². The highest BCUT2D eigenvalue weighted by Gasteiger charge is 2.22. The van der Waals surface area contributed by atoms with E-state index in [0.717, 1.165) is 25.0 Å². The summed E-state index contributed by atoms with van der Waals surface area (Å²) in [6.45, 7) is 2.19. The second-order valence-electron chi connectivity index (χ2n) is 5.50. The number of hydrogen-bond acceptors (Lipinski definition) is 2. The van der Waals surface area contributed by atoms with Crippen LogP contribution in [0.25, 0.3) is 0 Å². The van der Waals surface area contributed by atoms with Gasteiger partial charge in [-0.3, -0.25) is 4.79 Å². The van der Waals surface area contributed by atoms with Crippen molar-refractivity contribution in [2.75, 3.05) is 0 Å². The predicted octanol–water partition coefficient (Wildman–Crippen LogP) is 3.10. The smallest absolute Gasteiger partial charge is 0.248 e. The number of benzene rings is 1. The second kappa shape index (κ2) is 5.63. The van der Waals surface area contributed by atoms with E-state index in [1.807, 2.05) is 12.1 Å². The first-order valence-corrected chi connectivity index (χ1v) is 7.27. The molecule has 1 aromatic heterocycles. The Labute approximate surface area is 119 Å². The summed E-state index contributed by atoms with van der Waals surface area (Å²) in [5, 5.41) is 3.69. The van der Waals surface area contributed by atoms with Crippen molar-refractivity contribution in [1.29, 1.82) is 0 Å². The van der Waals surface area contributed by atoms with Gasteiger partial charge in [0.2, 0.25) is 5.56 Å². The number of hydrogen-bond donors (Lipinski definition) is 2. The van der Waals surface area contributed by atoms with Crippen LogP contribution in [0.4, 0.5) is 0 Å². The fourth-order valence-electron chi connectivity index (χ4n) is 3.01. The summed E-state index contributed by atoms with van der Waals surface area (Å²) >= 11 is 0. The number of aromatic amines is 1. The van der Waals surface area contributed by atoms with Crippen LogP contribution < -0.4 is 10.9 Å². The van der Waals surface area contributed by atoms with Gasteiger partial charge in [-0.05, 0) is 37.3 Å². The van der Waals surface area contributed by atoms with Crippen LogP contribution in [0.3, 0.4) is 0 Å². The summed E-state index contributed by atoms with van der Waals surface area (Å²) in [5.41, 5.74) is 3.64. The monoisotopic (exact) mass is 268 g/mol. The van der Waals surface area contributed by atoms with Crippen LogP contribution in [0.15, 0.2) is 47.3 Å². The van der Waals surface area contributed by atoms with Gasteiger partial charge in [0, 0.05) is 23.8 Å². The molecule has 1 aromatic carbocycles. The average molecular weight is 268 g/mol. The molecule has 1 aliphatic rings. The van der Waals surface area contributed by atoms with E-state index < -0.39 is 0 Å². The molecule has 2 aromatic rings. The van der Waals surface area contributed by atoms with E-state index in [1.165, 1.54) is 11.1 Å². The van der Waals surface area contributed by atoms with Crippen LogP contribution in [0, 0.1) is 0 Å². The third kappa shape index (κ3) is 2.68. The molecule has 0 bridgehead atoms. The number of pyridine rings is 1. The number of fused-ring (bicyclic) bond motifs is 1. The molecule has 2 unspecified atom stereocenters. The summed E-state index contributed by atoms with van der Waals surface area (Å²) in [5.74, 6) is 0. The average Bonchev–Trinajstić information content (AvgIpc) is 2.48. The molecule has 2 N–H and O–H groups in total. The lowest BCUT2D eigenvalue weighted by Crippen LogP contribution is -2.29. The van der Waals surface area contributed by atoms with E-state index >= 15 is 0 Å². The second-order valence-corrected chi connectivity index (χ2v) is 5.50. The highest BCUT2D eigenvalue weighted by Crippen LogP contribution is 2.29. The molecule has 0 spiro atoms. The molecule has 2 atom stereocenters. The van der Waals surface area contributed by atoms with Crippen LogP contribution in [0.1, 0.15) is 48.7 Å². The Hall–Kier alpha value is -1.87. The van der Waals surface area contributed by atoms with Crippen molar-refractivity contribution in [3.05, 3.63) is 69.6 Å². The van der Waals surface area contributed by atoms with Gasteiger partial charge < -0.3 is 10.3 Å². The van der Waals surface area contributed by atoms with Gasteiger partial charge >= 0.3 is 0 Å². The maximum absolute atomic E-state index is 11.4. The standard InChI is InChI=1S/C17H20N2O/c1-12(13-6-3-2-4-7-13)18-15-8-5-9-16-14(15)10-11-17(20)19-16/h2-4,6-7,10-12,15,18H,5,8-9H2,1H3,(H,19,20). The largest absolute Gasteiger partial charge is 0.326 e. The zero-order valence-corrected chi connectivity index (χ0v) is 11.7. The molecular formula is C17H20N2O. The summed E-state index contributed by atoms with van der Waals surface area (Å²) < 4.78 is 0. The van der Waals surface area contributed by atoms with Gasteiger partial charge in [0.1, 0.15) is 0 Å². The molecule has 104 valence electrons. The van der Waals surface area contributed by atoms with Crippen molar-refractivity contribution in [2.24, 2.45) is 0 Å². The van der Waals surface area contributed by atoms with Crippen molar-refractivity contribution in [2.45, 2.75) is 38.3 Å². The molecule has 3 heteroatoms. The van der Waals surface area contributed by atoms with Gasteiger partial charge in [0.25, 0.3) is 0 Å². The molecule has 0 radical (unpaired) electrons. The van der Waals surface area contributed by atoms with Crippen LogP contribution in [0.2, 0.25) is 0 Å². The Balaban J connectivity index is 1.81. The number of rotatable bonds is 3. The number of aromatic nitrogens is 1. The first-order chi connectivity index (χ1) is 9.74. The highest BCUT2D eigenvalue weighted by molar-refractivity contribution is 5.27. The van der Waals surface area contributed by atoms with Crippen LogP contribution in [-0.4, -0.2) is 4.98 Å². The minimum absolute atomic E-state index is 0.000470. The molecule has 0 saturated carbocycles. The Morgan fingerprint density at radius 1 is 1.20 bits per heavy atom. The van der Waals surface area contributed by atoms with Crippen LogP contribution in [-0.2, 0) is 6.42 Å². The lowest BCUT2D eigenvalue weighted by Gasteiger charge is -2.29.